The number of fused-ring (bicyclic) bond motifs is 3. The highest BCUT2D eigenvalue weighted by atomic mass is 32.1. The Morgan fingerprint density at radius 3 is 2.05 bits per heavy atom. The Bertz CT molecular complexity index is 1950. The summed E-state index contributed by atoms with van der Waals surface area (Å²) in [7, 11) is 0. The molecular weight excluding hydrogens is 488 g/mol. The molecule has 4 heterocycles. The number of rotatable bonds is 4. The minimum absolute atomic E-state index is 0.170. The number of carbonyl (C=O) groups is 1. The number of benzene rings is 2. The number of carboxylic acids is 1. The first kappa shape index (κ1) is 22.5. The normalized spacial score (nSPS) is 14.1. The summed E-state index contributed by atoms with van der Waals surface area (Å²) < 4.78 is 2.28. The van der Waals surface area contributed by atoms with Crippen molar-refractivity contribution in [3.8, 4) is 38.8 Å². The summed E-state index contributed by atoms with van der Waals surface area (Å²) in [5.74, 6) is -1.21. The minimum atomic E-state index is -1.21. The average Bonchev–Trinajstić information content (AvgIpc) is 3.69. The van der Waals surface area contributed by atoms with Crippen molar-refractivity contribution in [3.63, 3.8) is 0 Å². The number of hydrogen-bond donors (Lipinski definition) is 1. The van der Waals surface area contributed by atoms with Crippen LogP contribution >= 0.6 is 11.3 Å². The van der Waals surface area contributed by atoms with Crippen LogP contribution < -0.4 is 0 Å². The van der Waals surface area contributed by atoms with E-state index in [1.54, 1.807) is 6.07 Å². The highest BCUT2D eigenvalue weighted by Crippen LogP contribution is 2.51. The molecule has 0 saturated heterocycles. The number of nitrogens with zero attached hydrogens (tertiary/aromatic N) is 2. The molecule has 0 aliphatic heterocycles. The van der Waals surface area contributed by atoms with Gasteiger partial charge in [0.25, 0.3) is 0 Å². The fourth-order valence-electron chi connectivity index (χ4n) is 5.83. The van der Waals surface area contributed by atoms with Gasteiger partial charge in [0.05, 0.1) is 0 Å². The van der Waals surface area contributed by atoms with Crippen molar-refractivity contribution in [1.29, 1.82) is 5.26 Å². The van der Waals surface area contributed by atoms with Gasteiger partial charge in [0.2, 0.25) is 0 Å². The number of thiophene rings is 1. The Morgan fingerprint density at radius 1 is 0.816 bits per heavy atom. The molecule has 6 aromatic rings. The zero-order valence-electron chi connectivity index (χ0n) is 20.8. The van der Waals surface area contributed by atoms with Gasteiger partial charge in [-0.1, -0.05) is 38.1 Å². The van der Waals surface area contributed by atoms with Gasteiger partial charge < -0.3 is 9.51 Å². The Morgan fingerprint density at radius 2 is 1.42 bits per heavy atom. The van der Waals surface area contributed by atoms with Gasteiger partial charge in [-0.05, 0) is 106 Å². The second-order valence-electron chi connectivity index (χ2n) is 10.3. The summed E-state index contributed by atoms with van der Waals surface area (Å²) in [5, 5.41) is 18.3. The molecule has 0 unspecified atom stereocenters. The minimum Gasteiger partial charge on any atom is -0.477 e. The molecular formula is C33H22N2O2S. The molecule has 4 nitrogen and oxygen atoms in total. The average molecular weight is 511 g/mol. The molecule has 0 saturated carbocycles. The van der Waals surface area contributed by atoms with Crippen LogP contribution in [0.5, 0.6) is 0 Å². The van der Waals surface area contributed by atoms with Crippen LogP contribution in [0.2, 0.25) is 0 Å². The zero-order chi connectivity index (χ0) is 26.2. The quantitative estimate of drug-likeness (QED) is 0.192. The van der Waals surface area contributed by atoms with E-state index >= 15 is 0 Å². The number of aliphatic carboxylic acids is 1. The van der Waals surface area contributed by atoms with Crippen molar-refractivity contribution in [2.45, 2.75) is 19.3 Å². The van der Waals surface area contributed by atoms with E-state index in [-0.39, 0.29) is 11.0 Å². The molecule has 7 rings (SSSR count). The number of hydrogen-bond acceptors (Lipinski definition) is 3. The summed E-state index contributed by atoms with van der Waals surface area (Å²) in [6, 6.07) is 32.2. The summed E-state index contributed by atoms with van der Waals surface area (Å²) in [6.07, 6.45) is 1.43. The number of nitriles is 1. The third kappa shape index (κ3) is 3.24. The fraction of sp³-hybridized carbons (Fsp3) is 0.0909. The second-order valence-corrected chi connectivity index (χ2v) is 11.5. The van der Waals surface area contributed by atoms with Crippen LogP contribution in [0, 0.1) is 11.3 Å². The van der Waals surface area contributed by atoms with E-state index < -0.39 is 5.97 Å². The van der Waals surface area contributed by atoms with Crippen LogP contribution in [-0.2, 0) is 10.2 Å². The van der Waals surface area contributed by atoms with Gasteiger partial charge in [-0.2, -0.15) is 5.26 Å². The smallest absolute Gasteiger partial charge is 0.346 e. The molecule has 4 aromatic heterocycles. The van der Waals surface area contributed by atoms with Crippen molar-refractivity contribution in [1.82, 2.24) is 4.40 Å². The van der Waals surface area contributed by atoms with Gasteiger partial charge in [0.15, 0.2) is 0 Å². The van der Waals surface area contributed by atoms with E-state index in [1.165, 1.54) is 67.3 Å². The van der Waals surface area contributed by atoms with Crippen LogP contribution in [0.4, 0.5) is 0 Å². The van der Waals surface area contributed by atoms with Gasteiger partial charge in [0, 0.05) is 31.7 Å². The molecule has 182 valence electrons. The highest BCUT2D eigenvalue weighted by Gasteiger charge is 2.36. The third-order valence-electron chi connectivity index (χ3n) is 7.79. The number of carboxylic acid groups (broad SMARTS) is 1. The summed E-state index contributed by atoms with van der Waals surface area (Å²) in [4.78, 5) is 13.0. The Hall–Kier alpha value is -4.66. The van der Waals surface area contributed by atoms with Gasteiger partial charge in [-0.15, -0.1) is 11.3 Å². The first-order chi connectivity index (χ1) is 18.3. The van der Waals surface area contributed by atoms with Crippen LogP contribution in [0.25, 0.3) is 55.3 Å². The largest absolute Gasteiger partial charge is 0.477 e. The standard InChI is InChI=1S/C33H22N2O2S/c1-33(2)29-16-19(21-13-24-7-5-23-6-8-25(14-21)35(23)24)3-10-27(29)28-11-4-20(17-30(28)33)31-12-9-26(38-31)15-22(18-34)32(36)37/h3-17H,1-2H3,(H,36,37)/b22-15-. The zero-order valence-corrected chi connectivity index (χ0v) is 21.6. The van der Waals surface area contributed by atoms with Gasteiger partial charge in [0.1, 0.15) is 11.6 Å². The molecule has 0 amide bonds. The molecule has 1 N–H and O–H groups in total. The van der Waals surface area contributed by atoms with Crippen molar-refractivity contribution in [2.75, 3.05) is 0 Å². The van der Waals surface area contributed by atoms with E-state index in [1.807, 2.05) is 12.1 Å². The molecule has 2 aromatic carbocycles. The SMILES string of the molecule is CC1(C)c2cc(-c3cc4ccc5ccc(c3)n54)ccc2-c2ccc(-c3ccc(/C=C(/C#N)C(=O)O)s3)cc21. The first-order valence-corrected chi connectivity index (χ1v) is 13.2. The van der Waals surface area contributed by atoms with Gasteiger partial charge in [-0.25, -0.2) is 4.79 Å². The topological polar surface area (TPSA) is 65.5 Å². The lowest BCUT2D eigenvalue weighted by Gasteiger charge is -2.22. The molecule has 1 aliphatic rings. The van der Waals surface area contributed by atoms with E-state index in [2.05, 4.69) is 91.0 Å². The fourth-order valence-corrected chi connectivity index (χ4v) is 6.78. The molecule has 0 fully saturated rings. The first-order valence-electron chi connectivity index (χ1n) is 12.4. The molecule has 0 atom stereocenters. The van der Waals surface area contributed by atoms with E-state index in [4.69, 9.17) is 5.26 Å². The van der Waals surface area contributed by atoms with Crippen molar-refractivity contribution < 1.29 is 9.90 Å². The van der Waals surface area contributed by atoms with Crippen LogP contribution in [-0.4, -0.2) is 15.5 Å². The Labute approximate surface area is 223 Å². The maximum Gasteiger partial charge on any atom is 0.346 e. The van der Waals surface area contributed by atoms with Crippen LogP contribution in [0.1, 0.15) is 29.9 Å². The van der Waals surface area contributed by atoms with E-state index in [0.29, 0.717) is 0 Å². The van der Waals surface area contributed by atoms with Gasteiger partial charge >= 0.3 is 5.97 Å². The van der Waals surface area contributed by atoms with Crippen molar-refractivity contribution in [3.05, 3.63) is 107 Å². The predicted molar refractivity (Wildman–Crippen MR) is 154 cm³/mol. The number of pyridine rings is 1. The molecule has 1 aliphatic carbocycles. The molecule has 0 radical (unpaired) electrons. The monoisotopic (exact) mass is 510 g/mol. The highest BCUT2D eigenvalue weighted by molar-refractivity contribution is 7.16. The van der Waals surface area contributed by atoms with Gasteiger partial charge in [-0.3, -0.25) is 0 Å². The molecule has 0 bridgehead atoms. The maximum absolute atomic E-state index is 11.2. The summed E-state index contributed by atoms with van der Waals surface area (Å²) >= 11 is 1.49. The summed E-state index contributed by atoms with van der Waals surface area (Å²) in [6.45, 7) is 4.56. The lowest BCUT2D eigenvalue weighted by atomic mass is 9.81. The van der Waals surface area contributed by atoms with Crippen LogP contribution in [0.15, 0.2) is 90.5 Å². The molecule has 5 heteroatoms. The second kappa shape index (κ2) is 7.92. The Kier molecular flexibility index (Phi) is 4.69. The molecule has 38 heavy (non-hydrogen) atoms. The Balaban J connectivity index is 1.28. The van der Waals surface area contributed by atoms with Crippen molar-refractivity contribution in [2.24, 2.45) is 0 Å². The predicted octanol–water partition coefficient (Wildman–Crippen LogP) is 8.22. The van der Waals surface area contributed by atoms with Crippen LogP contribution in [0.3, 0.4) is 0 Å². The van der Waals surface area contributed by atoms with E-state index in [0.717, 1.165) is 15.3 Å². The molecule has 0 spiro atoms. The van der Waals surface area contributed by atoms with Crippen molar-refractivity contribution >= 4 is 39.9 Å². The lowest BCUT2D eigenvalue weighted by molar-refractivity contribution is -0.132. The van der Waals surface area contributed by atoms with E-state index in [9.17, 15) is 9.90 Å². The third-order valence-corrected chi connectivity index (χ3v) is 8.87. The lowest BCUT2D eigenvalue weighted by Crippen LogP contribution is -2.15. The number of aromatic nitrogens is 1. The summed E-state index contributed by atoms with van der Waals surface area (Å²) in [5.41, 5.74) is 11.9. The maximum atomic E-state index is 11.2.